The van der Waals surface area contributed by atoms with Gasteiger partial charge in [0.25, 0.3) is 0 Å². The van der Waals surface area contributed by atoms with Crippen molar-refractivity contribution >= 4 is 10.0 Å². The Kier molecular flexibility index (Phi) is 3.80. The first-order valence-electron chi connectivity index (χ1n) is 5.82. The molecule has 1 aromatic heterocycles. The van der Waals surface area contributed by atoms with E-state index in [0.717, 1.165) is 19.3 Å². The van der Waals surface area contributed by atoms with Gasteiger partial charge < -0.3 is 5.32 Å². The summed E-state index contributed by atoms with van der Waals surface area (Å²) in [7, 11) is -3.42. The Hall–Kier alpha value is -0.920. The topological polar surface area (TPSA) is 86.9 Å². The van der Waals surface area contributed by atoms with Gasteiger partial charge in [0, 0.05) is 24.8 Å². The largest absolute Gasteiger partial charge is 0.310 e. The van der Waals surface area contributed by atoms with Crippen molar-refractivity contribution in [1.29, 1.82) is 0 Å². The number of hydrogen-bond acceptors (Lipinski definition) is 4. The Labute approximate surface area is 101 Å². The average Bonchev–Trinajstić information content (AvgIpc) is 2.81. The number of nitrogens with zero attached hydrogens (tertiary/aromatic N) is 1. The monoisotopic (exact) mass is 258 g/mol. The van der Waals surface area contributed by atoms with Crippen molar-refractivity contribution in [3.05, 3.63) is 12.4 Å². The minimum Gasteiger partial charge on any atom is -0.310 e. The van der Waals surface area contributed by atoms with E-state index in [2.05, 4.69) is 27.2 Å². The van der Waals surface area contributed by atoms with Crippen molar-refractivity contribution < 1.29 is 8.42 Å². The molecule has 6 nitrogen and oxygen atoms in total. The highest BCUT2D eigenvalue weighted by molar-refractivity contribution is 7.89. The highest BCUT2D eigenvalue weighted by Crippen LogP contribution is 2.12. The van der Waals surface area contributed by atoms with Crippen LogP contribution in [0.4, 0.5) is 0 Å². The molecule has 0 saturated carbocycles. The van der Waals surface area contributed by atoms with E-state index in [0.29, 0.717) is 12.6 Å². The minimum absolute atomic E-state index is 0.182. The number of aromatic nitrogens is 2. The van der Waals surface area contributed by atoms with Crippen LogP contribution < -0.4 is 10.0 Å². The number of aromatic amines is 1. The standard InChI is InChI=1S/C10H18N4O2S/c1-8-3-2-4-9(14-8)5-13-17(15,16)10-6-11-12-7-10/h6-9,13-14H,2-5H2,1H3,(H,11,12). The molecule has 1 fully saturated rings. The van der Waals surface area contributed by atoms with E-state index in [-0.39, 0.29) is 10.9 Å². The lowest BCUT2D eigenvalue weighted by Crippen LogP contribution is -2.47. The van der Waals surface area contributed by atoms with E-state index in [1.807, 2.05) is 0 Å². The predicted molar refractivity (Wildman–Crippen MR) is 64.0 cm³/mol. The van der Waals surface area contributed by atoms with Crippen molar-refractivity contribution in [1.82, 2.24) is 20.2 Å². The van der Waals surface area contributed by atoms with Gasteiger partial charge in [0.2, 0.25) is 10.0 Å². The molecule has 1 aliphatic rings. The third-order valence-electron chi connectivity index (χ3n) is 3.01. The second kappa shape index (κ2) is 5.16. The Morgan fingerprint density at radius 3 is 3.00 bits per heavy atom. The maximum absolute atomic E-state index is 11.8. The first-order valence-corrected chi connectivity index (χ1v) is 7.31. The maximum atomic E-state index is 11.8. The number of H-pyrrole nitrogens is 1. The van der Waals surface area contributed by atoms with Crippen molar-refractivity contribution in [2.45, 2.75) is 43.2 Å². The van der Waals surface area contributed by atoms with E-state index < -0.39 is 10.0 Å². The molecule has 3 N–H and O–H groups in total. The zero-order valence-electron chi connectivity index (χ0n) is 9.81. The molecule has 7 heteroatoms. The summed E-state index contributed by atoms with van der Waals surface area (Å²) in [5.74, 6) is 0. The highest BCUT2D eigenvalue weighted by Gasteiger charge is 2.21. The van der Waals surface area contributed by atoms with Crippen LogP contribution in [0.1, 0.15) is 26.2 Å². The van der Waals surface area contributed by atoms with Gasteiger partial charge in [-0.2, -0.15) is 5.10 Å². The molecule has 2 heterocycles. The first kappa shape index (κ1) is 12.5. The maximum Gasteiger partial charge on any atom is 0.243 e. The molecule has 0 aliphatic carbocycles. The lowest BCUT2D eigenvalue weighted by Gasteiger charge is -2.28. The number of rotatable bonds is 4. The normalized spacial score (nSPS) is 25.9. The summed E-state index contributed by atoms with van der Waals surface area (Å²) in [6, 6.07) is 0.688. The third kappa shape index (κ3) is 3.27. The van der Waals surface area contributed by atoms with Gasteiger partial charge in [-0.05, 0) is 19.8 Å². The Bertz CT molecular complexity index is 443. The fourth-order valence-electron chi connectivity index (χ4n) is 2.08. The molecule has 0 spiro atoms. The molecule has 0 aromatic carbocycles. The summed E-state index contributed by atoms with van der Waals surface area (Å²) in [4.78, 5) is 0.182. The molecular weight excluding hydrogens is 240 g/mol. The van der Waals surface area contributed by atoms with E-state index in [1.54, 1.807) is 0 Å². The molecule has 2 atom stereocenters. The fraction of sp³-hybridized carbons (Fsp3) is 0.700. The van der Waals surface area contributed by atoms with Crippen molar-refractivity contribution in [3.8, 4) is 0 Å². The molecule has 0 radical (unpaired) electrons. The van der Waals surface area contributed by atoms with Crippen LogP contribution in [0.3, 0.4) is 0 Å². The fourth-order valence-corrected chi connectivity index (χ4v) is 3.07. The third-order valence-corrected chi connectivity index (χ3v) is 4.40. The SMILES string of the molecule is CC1CCCC(CNS(=O)(=O)c2cn[nH]c2)N1. The summed E-state index contributed by atoms with van der Waals surface area (Å²) in [5.41, 5.74) is 0. The van der Waals surface area contributed by atoms with Gasteiger partial charge in [-0.15, -0.1) is 0 Å². The van der Waals surface area contributed by atoms with Crippen LogP contribution in [-0.4, -0.2) is 37.2 Å². The van der Waals surface area contributed by atoms with Gasteiger partial charge in [-0.3, -0.25) is 5.10 Å². The van der Waals surface area contributed by atoms with E-state index >= 15 is 0 Å². The molecule has 0 bridgehead atoms. The summed E-state index contributed by atoms with van der Waals surface area (Å²) in [6.07, 6.45) is 5.99. The Morgan fingerprint density at radius 2 is 2.35 bits per heavy atom. The van der Waals surface area contributed by atoms with Crippen molar-refractivity contribution in [3.63, 3.8) is 0 Å². The quantitative estimate of drug-likeness (QED) is 0.721. The molecule has 1 aliphatic heterocycles. The molecular formula is C10H18N4O2S. The van der Waals surface area contributed by atoms with E-state index in [4.69, 9.17) is 0 Å². The van der Waals surface area contributed by atoms with Crippen LogP contribution in [0.25, 0.3) is 0 Å². The van der Waals surface area contributed by atoms with Gasteiger partial charge in [-0.25, -0.2) is 13.1 Å². The summed E-state index contributed by atoms with van der Waals surface area (Å²) >= 11 is 0. The van der Waals surface area contributed by atoms with E-state index in [9.17, 15) is 8.42 Å². The predicted octanol–water partition coefficient (Wildman–Crippen LogP) is 0.219. The van der Waals surface area contributed by atoms with E-state index in [1.165, 1.54) is 12.4 Å². The van der Waals surface area contributed by atoms with Gasteiger partial charge in [-0.1, -0.05) is 6.42 Å². The van der Waals surface area contributed by atoms with Crippen LogP contribution >= 0.6 is 0 Å². The Morgan fingerprint density at radius 1 is 1.53 bits per heavy atom. The average molecular weight is 258 g/mol. The molecule has 2 unspecified atom stereocenters. The van der Waals surface area contributed by atoms with Gasteiger partial charge in [0.1, 0.15) is 4.90 Å². The molecule has 96 valence electrons. The zero-order valence-corrected chi connectivity index (χ0v) is 10.6. The second-order valence-electron chi connectivity index (χ2n) is 4.48. The minimum atomic E-state index is -3.42. The van der Waals surface area contributed by atoms with Crippen molar-refractivity contribution in [2.24, 2.45) is 0 Å². The molecule has 1 aromatic rings. The van der Waals surface area contributed by atoms with Crippen LogP contribution in [0, 0.1) is 0 Å². The second-order valence-corrected chi connectivity index (χ2v) is 6.25. The summed E-state index contributed by atoms with van der Waals surface area (Å²) < 4.78 is 26.2. The first-order chi connectivity index (χ1) is 8.08. The molecule has 1 saturated heterocycles. The van der Waals surface area contributed by atoms with Gasteiger partial charge in [0.15, 0.2) is 0 Å². The highest BCUT2D eigenvalue weighted by atomic mass is 32.2. The molecule has 17 heavy (non-hydrogen) atoms. The zero-order chi connectivity index (χ0) is 12.3. The van der Waals surface area contributed by atoms with Crippen LogP contribution in [0.15, 0.2) is 17.3 Å². The summed E-state index contributed by atoms with van der Waals surface area (Å²) in [5, 5.41) is 9.52. The lowest BCUT2D eigenvalue weighted by molar-refractivity contribution is 0.334. The molecule has 0 amide bonds. The van der Waals surface area contributed by atoms with Crippen LogP contribution in [-0.2, 0) is 10.0 Å². The lowest BCUT2D eigenvalue weighted by atomic mass is 10.00. The smallest absolute Gasteiger partial charge is 0.243 e. The summed E-state index contributed by atoms with van der Waals surface area (Å²) in [6.45, 7) is 2.55. The van der Waals surface area contributed by atoms with Gasteiger partial charge in [0.05, 0.1) is 6.20 Å². The number of sulfonamides is 1. The number of hydrogen-bond donors (Lipinski definition) is 3. The van der Waals surface area contributed by atoms with Gasteiger partial charge >= 0.3 is 0 Å². The van der Waals surface area contributed by atoms with Crippen LogP contribution in [0.5, 0.6) is 0 Å². The molecule has 2 rings (SSSR count). The number of nitrogens with one attached hydrogen (secondary N) is 3. The Balaban J connectivity index is 1.89. The van der Waals surface area contributed by atoms with Crippen molar-refractivity contribution in [2.75, 3.05) is 6.54 Å². The number of piperidine rings is 1. The van der Waals surface area contributed by atoms with Crippen LogP contribution in [0.2, 0.25) is 0 Å².